The molecule has 0 aromatic carbocycles. The number of carbonyl (C=O) groups excluding carboxylic acids is 2. The molecule has 2 amide bonds. The van der Waals surface area contributed by atoms with Gasteiger partial charge in [-0.1, -0.05) is 0 Å². The molecule has 0 unspecified atom stereocenters. The fourth-order valence-corrected chi connectivity index (χ4v) is 2.97. The molecule has 0 spiro atoms. The molecule has 22 heavy (non-hydrogen) atoms. The van der Waals surface area contributed by atoms with Gasteiger partial charge in [0.05, 0.1) is 0 Å². The highest BCUT2D eigenvalue weighted by atomic mass is 16.2. The van der Waals surface area contributed by atoms with Gasteiger partial charge in [-0.3, -0.25) is 9.59 Å². The quantitative estimate of drug-likeness (QED) is 0.929. The molecule has 6 nitrogen and oxygen atoms in total. The minimum Gasteiger partial charge on any atom is -0.370 e. The number of piperidine rings is 1. The SMILES string of the molecule is Cc1ccn2cc(C(=O)N3CCC(CC(N)=O)CC3)nc2c1. The highest BCUT2D eigenvalue weighted by molar-refractivity contribution is 5.93. The first-order valence-electron chi connectivity index (χ1n) is 7.56. The molecule has 1 fully saturated rings. The van der Waals surface area contributed by atoms with Crippen LogP contribution in [0, 0.1) is 12.8 Å². The zero-order chi connectivity index (χ0) is 15.7. The van der Waals surface area contributed by atoms with E-state index in [4.69, 9.17) is 5.73 Å². The van der Waals surface area contributed by atoms with Gasteiger partial charge < -0.3 is 15.0 Å². The summed E-state index contributed by atoms with van der Waals surface area (Å²) in [6.45, 7) is 3.31. The number of primary amides is 1. The van der Waals surface area contributed by atoms with Gasteiger partial charge in [-0.15, -0.1) is 0 Å². The second-order valence-electron chi connectivity index (χ2n) is 6.00. The molecule has 2 N–H and O–H groups in total. The smallest absolute Gasteiger partial charge is 0.274 e. The number of fused-ring (bicyclic) bond motifs is 1. The molecular weight excluding hydrogens is 280 g/mol. The Morgan fingerprint density at radius 3 is 2.77 bits per heavy atom. The van der Waals surface area contributed by atoms with Crippen molar-refractivity contribution < 1.29 is 9.59 Å². The van der Waals surface area contributed by atoms with Crippen molar-refractivity contribution >= 4 is 17.5 Å². The van der Waals surface area contributed by atoms with Gasteiger partial charge in [-0.05, 0) is 43.4 Å². The van der Waals surface area contributed by atoms with Crippen LogP contribution >= 0.6 is 0 Å². The maximum absolute atomic E-state index is 12.5. The number of likely N-dealkylation sites (tertiary alicyclic amines) is 1. The zero-order valence-electron chi connectivity index (χ0n) is 12.7. The summed E-state index contributed by atoms with van der Waals surface area (Å²) in [4.78, 5) is 29.7. The van der Waals surface area contributed by atoms with Gasteiger partial charge in [-0.2, -0.15) is 0 Å². The van der Waals surface area contributed by atoms with Crippen LogP contribution in [0.15, 0.2) is 24.5 Å². The Morgan fingerprint density at radius 1 is 1.36 bits per heavy atom. The number of aromatic nitrogens is 2. The van der Waals surface area contributed by atoms with E-state index in [0.29, 0.717) is 31.1 Å². The third-order valence-electron chi connectivity index (χ3n) is 4.23. The number of nitrogens with zero attached hydrogens (tertiary/aromatic N) is 3. The van der Waals surface area contributed by atoms with Gasteiger partial charge in [-0.25, -0.2) is 4.98 Å². The van der Waals surface area contributed by atoms with Crippen LogP contribution in [0.4, 0.5) is 0 Å². The van der Waals surface area contributed by atoms with Gasteiger partial charge in [0, 0.05) is 31.9 Å². The molecular formula is C16H20N4O2. The first-order chi connectivity index (χ1) is 10.5. The number of hydrogen-bond donors (Lipinski definition) is 1. The Kier molecular flexibility index (Phi) is 3.83. The Balaban J connectivity index is 1.69. The van der Waals surface area contributed by atoms with Gasteiger partial charge in [0.1, 0.15) is 11.3 Å². The predicted molar refractivity (Wildman–Crippen MR) is 82.4 cm³/mol. The lowest BCUT2D eigenvalue weighted by Gasteiger charge is -2.31. The average Bonchev–Trinajstić information content (AvgIpc) is 2.89. The largest absolute Gasteiger partial charge is 0.370 e. The Morgan fingerprint density at radius 2 is 2.09 bits per heavy atom. The number of imidazole rings is 1. The minimum absolute atomic E-state index is 0.0427. The second-order valence-corrected chi connectivity index (χ2v) is 6.00. The van der Waals surface area contributed by atoms with Crippen molar-refractivity contribution in [1.29, 1.82) is 0 Å². The van der Waals surface area contributed by atoms with Crippen molar-refractivity contribution in [3.8, 4) is 0 Å². The molecule has 0 radical (unpaired) electrons. The van der Waals surface area contributed by atoms with Crippen LogP contribution in [-0.4, -0.2) is 39.2 Å². The third kappa shape index (κ3) is 2.95. The number of amides is 2. The van der Waals surface area contributed by atoms with E-state index in [9.17, 15) is 9.59 Å². The molecule has 1 saturated heterocycles. The number of hydrogen-bond acceptors (Lipinski definition) is 3. The van der Waals surface area contributed by atoms with Crippen LogP contribution in [0.3, 0.4) is 0 Å². The molecule has 3 heterocycles. The lowest BCUT2D eigenvalue weighted by molar-refractivity contribution is -0.119. The number of pyridine rings is 1. The van der Waals surface area contributed by atoms with E-state index in [1.54, 1.807) is 6.20 Å². The van der Waals surface area contributed by atoms with E-state index >= 15 is 0 Å². The van der Waals surface area contributed by atoms with Gasteiger partial charge in [0.25, 0.3) is 5.91 Å². The summed E-state index contributed by atoms with van der Waals surface area (Å²) in [5.41, 5.74) is 7.60. The maximum Gasteiger partial charge on any atom is 0.274 e. The third-order valence-corrected chi connectivity index (χ3v) is 4.23. The number of carbonyl (C=O) groups is 2. The van der Waals surface area contributed by atoms with Crippen LogP contribution in [0.2, 0.25) is 0 Å². The number of rotatable bonds is 3. The van der Waals surface area contributed by atoms with Crippen LogP contribution < -0.4 is 5.73 Å². The zero-order valence-corrected chi connectivity index (χ0v) is 12.7. The van der Waals surface area contributed by atoms with Crippen molar-refractivity contribution in [3.63, 3.8) is 0 Å². The first-order valence-corrected chi connectivity index (χ1v) is 7.56. The van der Waals surface area contributed by atoms with Crippen molar-refractivity contribution in [2.45, 2.75) is 26.2 Å². The molecule has 3 rings (SSSR count). The monoisotopic (exact) mass is 300 g/mol. The molecule has 1 aliphatic rings. The summed E-state index contributed by atoms with van der Waals surface area (Å²) in [5.74, 6) is -0.00959. The Bertz CT molecular complexity index is 714. The highest BCUT2D eigenvalue weighted by Crippen LogP contribution is 2.21. The molecule has 0 atom stereocenters. The first kappa shape index (κ1) is 14.6. The van der Waals surface area contributed by atoms with Gasteiger partial charge >= 0.3 is 0 Å². The number of nitrogens with two attached hydrogens (primary N) is 1. The van der Waals surface area contributed by atoms with Crippen LogP contribution in [0.1, 0.15) is 35.3 Å². The molecule has 2 aromatic heterocycles. The molecule has 2 aromatic rings. The fraction of sp³-hybridized carbons (Fsp3) is 0.438. The standard InChI is InChI=1S/C16H20N4O2/c1-11-2-5-20-10-13(18-15(20)8-11)16(22)19-6-3-12(4-7-19)9-14(17)21/h2,5,8,10,12H,3-4,6-7,9H2,1H3,(H2,17,21). The van der Waals surface area contributed by atoms with Gasteiger partial charge in [0.15, 0.2) is 0 Å². The summed E-state index contributed by atoms with van der Waals surface area (Å²) in [5, 5.41) is 0. The van der Waals surface area contributed by atoms with Crippen molar-refractivity contribution in [2.24, 2.45) is 11.7 Å². The topological polar surface area (TPSA) is 80.7 Å². The van der Waals surface area contributed by atoms with E-state index in [1.807, 2.05) is 34.6 Å². The van der Waals surface area contributed by atoms with Crippen LogP contribution in [0.25, 0.3) is 5.65 Å². The van der Waals surface area contributed by atoms with E-state index < -0.39 is 0 Å². The van der Waals surface area contributed by atoms with Crippen LogP contribution in [0.5, 0.6) is 0 Å². The lowest BCUT2D eigenvalue weighted by Crippen LogP contribution is -2.39. The maximum atomic E-state index is 12.5. The molecule has 0 aliphatic carbocycles. The molecule has 116 valence electrons. The van der Waals surface area contributed by atoms with Gasteiger partial charge in [0.2, 0.25) is 5.91 Å². The minimum atomic E-state index is -0.263. The molecule has 6 heteroatoms. The van der Waals surface area contributed by atoms with E-state index in [0.717, 1.165) is 24.1 Å². The molecule has 0 bridgehead atoms. The van der Waals surface area contributed by atoms with Crippen molar-refractivity contribution in [1.82, 2.24) is 14.3 Å². The normalized spacial score (nSPS) is 16.1. The lowest BCUT2D eigenvalue weighted by atomic mass is 9.93. The summed E-state index contributed by atoms with van der Waals surface area (Å²) >= 11 is 0. The van der Waals surface area contributed by atoms with Crippen molar-refractivity contribution in [2.75, 3.05) is 13.1 Å². The Hall–Kier alpha value is -2.37. The Labute approximate surface area is 128 Å². The second kappa shape index (κ2) is 5.79. The average molecular weight is 300 g/mol. The van der Waals surface area contributed by atoms with E-state index in [1.165, 1.54) is 0 Å². The van der Waals surface area contributed by atoms with Crippen molar-refractivity contribution in [3.05, 3.63) is 35.8 Å². The van der Waals surface area contributed by atoms with E-state index in [2.05, 4.69) is 4.98 Å². The number of aryl methyl sites for hydroxylation is 1. The summed E-state index contributed by atoms with van der Waals surface area (Å²) in [7, 11) is 0. The predicted octanol–water partition coefficient (Wildman–Crippen LogP) is 1.37. The summed E-state index contributed by atoms with van der Waals surface area (Å²) in [6.07, 6.45) is 5.73. The van der Waals surface area contributed by atoms with Crippen LogP contribution in [-0.2, 0) is 4.79 Å². The molecule has 0 saturated carbocycles. The van der Waals surface area contributed by atoms with E-state index in [-0.39, 0.29) is 11.8 Å². The summed E-state index contributed by atoms with van der Waals surface area (Å²) < 4.78 is 1.86. The fourth-order valence-electron chi connectivity index (χ4n) is 2.97. The highest BCUT2D eigenvalue weighted by Gasteiger charge is 2.25. The summed E-state index contributed by atoms with van der Waals surface area (Å²) in [6, 6.07) is 3.94. The molecule has 1 aliphatic heterocycles.